The van der Waals surface area contributed by atoms with Crippen molar-refractivity contribution in [2.45, 2.75) is 27.7 Å². The van der Waals surface area contributed by atoms with Crippen molar-refractivity contribution in [3.05, 3.63) is 29.3 Å². The number of anilines is 1. The summed E-state index contributed by atoms with van der Waals surface area (Å²) in [7, 11) is 0. The number of hydrogen-bond donors (Lipinski definition) is 1. The highest BCUT2D eigenvalue weighted by atomic mass is 35.5. The number of nitrogens with one attached hydrogen (secondary N) is 1. The molecule has 0 atom stereocenters. The SMILES string of the molecule is CCN(CC)CC(=O)Nc1c(C)cccc1C.Cl.Cl. The molecule has 110 valence electrons. The minimum atomic E-state index is 0. The first-order chi connectivity index (χ1) is 8.08. The summed E-state index contributed by atoms with van der Waals surface area (Å²) in [6, 6.07) is 6.03. The highest BCUT2D eigenvalue weighted by Crippen LogP contribution is 2.19. The Kier molecular flexibility index (Phi) is 10.9. The van der Waals surface area contributed by atoms with Gasteiger partial charge in [-0.2, -0.15) is 0 Å². The Labute approximate surface area is 128 Å². The monoisotopic (exact) mass is 306 g/mol. The molecule has 1 rings (SSSR count). The van der Waals surface area contributed by atoms with Crippen LogP contribution in [0.3, 0.4) is 0 Å². The second-order valence-corrected chi connectivity index (χ2v) is 4.28. The molecule has 0 aliphatic carbocycles. The maximum atomic E-state index is 11.9. The Balaban J connectivity index is 0. The zero-order valence-electron chi connectivity index (χ0n) is 12.0. The van der Waals surface area contributed by atoms with Gasteiger partial charge in [-0.1, -0.05) is 32.0 Å². The Bertz CT molecular complexity index is 373. The summed E-state index contributed by atoms with van der Waals surface area (Å²) >= 11 is 0. The van der Waals surface area contributed by atoms with Gasteiger partial charge in [0.2, 0.25) is 5.91 Å². The van der Waals surface area contributed by atoms with Gasteiger partial charge in [0.15, 0.2) is 0 Å². The largest absolute Gasteiger partial charge is 0.324 e. The fraction of sp³-hybridized carbons (Fsp3) is 0.500. The number of para-hydroxylation sites is 1. The molecule has 19 heavy (non-hydrogen) atoms. The number of benzene rings is 1. The maximum Gasteiger partial charge on any atom is 0.238 e. The number of likely N-dealkylation sites (N-methyl/N-ethyl adjacent to an activating group) is 1. The fourth-order valence-electron chi connectivity index (χ4n) is 1.84. The molecule has 0 aromatic heterocycles. The van der Waals surface area contributed by atoms with E-state index in [1.54, 1.807) is 0 Å². The third kappa shape index (κ3) is 6.28. The van der Waals surface area contributed by atoms with E-state index in [9.17, 15) is 4.79 Å². The first-order valence-electron chi connectivity index (χ1n) is 6.16. The third-order valence-corrected chi connectivity index (χ3v) is 3.01. The second-order valence-electron chi connectivity index (χ2n) is 4.28. The predicted molar refractivity (Wildman–Crippen MR) is 86.8 cm³/mol. The van der Waals surface area contributed by atoms with Crippen LogP contribution in [0.5, 0.6) is 0 Å². The standard InChI is InChI=1S/C14H22N2O.2ClH/c1-5-16(6-2)10-13(17)15-14-11(3)8-7-9-12(14)4;;/h7-9H,5-6,10H2,1-4H3,(H,15,17);2*1H. The molecule has 0 bridgehead atoms. The molecule has 1 aromatic carbocycles. The van der Waals surface area contributed by atoms with E-state index >= 15 is 0 Å². The molecule has 1 N–H and O–H groups in total. The summed E-state index contributed by atoms with van der Waals surface area (Å²) in [4.78, 5) is 14.0. The van der Waals surface area contributed by atoms with Gasteiger partial charge >= 0.3 is 0 Å². The zero-order chi connectivity index (χ0) is 12.8. The normalized spacial score (nSPS) is 9.53. The van der Waals surface area contributed by atoms with Gasteiger partial charge in [0.1, 0.15) is 0 Å². The molecule has 0 fully saturated rings. The summed E-state index contributed by atoms with van der Waals surface area (Å²) in [6.07, 6.45) is 0. The van der Waals surface area contributed by atoms with Crippen molar-refractivity contribution in [1.29, 1.82) is 0 Å². The quantitative estimate of drug-likeness (QED) is 0.904. The topological polar surface area (TPSA) is 32.3 Å². The fourth-order valence-corrected chi connectivity index (χ4v) is 1.84. The van der Waals surface area contributed by atoms with E-state index in [0.29, 0.717) is 6.54 Å². The van der Waals surface area contributed by atoms with Crippen molar-refractivity contribution in [3.63, 3.8) is 0 Å². The molecule has 1 aromatic rings. The summed E-state index contributed by atoms with van der Waals surface area (Å²) in [5.74, 6) is 0.0612. The Morgan fingerprint density at radius 2 is 1.58 bits per heavy atom. The lowest BCUT2D eigenvalue weighted by molar-refractivity contribution is -0.117. The van der Waals surface area contributed by atoms with Crippen LogP contribution in [0.1, 0.15) is 25.0 Å². The molecule has 1 amide bonds. The first-order valence-corrected chi connectivity index (χ1v) is 6.16. The second kappa shape index (κ2) is 10.1. The van der Waals surface area contributed by atoms with Crippen LogP contribution in [0.2, 0.25) is 0 Å². The number of halogens is 2. The summed E-state index contributed by atoms with van der Waals surface area (Å²) < 4.78 is 0. The molecule has 0 spiro atoms. The molecule has 0 saturated carbocycles. The molecule has 0 aliphatic heterocycles. The van der Waals surface area contributed by atoms with Crippen molar-refractivity contribution in [2.75, 3.05) is 25.0 Å². The molecule has 0 aliphatic rings. The van der Waals surface area contributed by atoms with Gasteiger partial charge in [0.05, 0.1) is 6.54 Å². The number of amides is 1. The molecular formula is C14H24Cl2N2O. The molecule has 5 heteroatoms. The lowest BCUT2D eigenvalue weighted by Crippen LogP contribution is -2.33. The minimum Gasteiger partial charge on any atom is -0.324 e. The maximum absolute atomic E-state index is 11.9. The van der Waals surface area contributed by atoms with Gasteiger partial charge < -0.3 is 5.32 Å². The van der Waals surface area contributed by atoms with E-state index < -0.39 is 0 Å². The van der Waals surface area contributed by atoms with Crippen LogP contribution in [-0.4, -0.2) is 30.4 Å². The van der Waals surface area contributed by atoms with Crippen LogP contribution in [0.25, 0.3) is 0 Å². The van der Waals surface area contributed by atoms with Crippen LogP contribution in [0.15, 0.2) is 18.2 Å². The summed E-state index contributed by atoms with van der Waals surface area (Å²) in [5, 5.41) is 3.00. The van der Waals surface area contributed by atoms with Crippen molar-refractivity contribution in [1.82, 2.24) is 4.90 Å². The van der Waals surface area contributed by atoms with Gasteiger partial charge in [-0.25, -0.2) is 0 Å². The molecule has 0 unspecified atom stereocenters. The average Bonchev–Trinajstić information content (AvgIpc) is 2.31. The van der Waals surface area contributed by atoms with Crippen molar-refractivity contribution >= 4 is 36.4 Å². The van der Waals surface area contributed by atoms with Crippen molar-refractivity contribution in [2.24, 2.45) is 0 Å². The highest BCUT2D eigenvalue weighted by Gasteiger charge is 2.09. The Morgan fingerprint density at radius 3 is 2.00 bits per heavy atom. The minimum absolute atomic E-state index is 0. The molecule has 0 saturated heterocycles. The molecule has 0 heterocycles. The molecule has 3 nitrogen and oxygen atoms in total. The number of carbonyl (C=O) groups is 1. The lowest BCUT2D eigenvalue weighted by atomic mass is 10.1. The highest BCUT2D eigenvalue weighted by molar-refractivity contribution is 5.93. The number of carbonyl (C=O) groups excluding carboxylic acids is 1. The van der Waals surface area contributed by atoms with Crippen LogP contribution < -0.4 is 5.32 Å². The van der Waals surface area contributed by atoms with Crippen molar-refractivity contribution in [3.8, 4) is 0 Å². The van der Waals surface area contributed by atoms with Crippen LogP contribution >= 0.6 is 24.8 Å². The Hall–Kier alpha value is -0.770. The van der Waals surface area contributed by atoms with E-state index in [0.717, 1.165) is 29.9 Å². The van der Waals surface area contributed by atoms with Gasteiger partial charge in [0, 0.05) is 5.69 Å². The van der Waals surface area contributed by atoms with E-state index in [1.807, 2.05) is 32.0 Å². The molecule has 0 radical (unpaired) electrons. The first kappa shape index (κ1) is 20.5. The summed E-state index contributed by atoms with van der Waals surface area (Å²) in [5.41, 5.74) is 3.17. The van der Waals surface area contributed by atoms with E-state index in [-0.39, 0.29) is 30.7 Å². The average molecular weight is 307 g/mol. The van der Waals surface area contributed by atoms with Crippen LogP contribution in [0.4, 0.5) is 5.69 Å². The number of rotatable bonds is 5. The van der Waals surface area contributed by atoms with E-state index in [1.165, 1.54) is 0 Å². The predicted octanol–water partition coefficient (Wildman–Crippen LogP) is 3.43. The van der Waals surface area contributed by atoms with Gasteiger partial charge in [0.25, 0.3) is 0 Å². The van der Waals surface area contributed by atoms with Crippen LogP contribution in [-0.2, 0) is 4.79 Å². The van der Waals surface area contributed by atoms with Gasteiger partial charge in [-0.05, 0) is 38.1 Å². The third-order valence-electron chi connectivity index (χ3n) is 3.01. The lowest BCUT2D eigenvalue weighted by Gasteiger charge is -2.18. The summed E-state index contributed by atoms with van der Waals surface area (Å²) in [6.45, 7) is 10.4. The number of nitrogens with zero attached hydrogens (tertiary/aromatic N) is 1. The smallest absolute Gasteiger partial charge is 0.238 e. The van der Waals surface area contributed by atoms with E-state index in [4.69, 9.17) is 0 Å². The van der Waals surface area contributed by atoms with Crippen LogP contribution in [0, 0.1) is 13.8 Å². The van der Waals surface area contributed by atoms with Gasteiger partial charge in [-0.15, -0.1) is 24.8 Å². The Morgan fingerprint density at radius 1 is 1.11 bits per heavy atom. The number of aryl methyl sites for hydroxylation is 2. The molecular weight excluding hydrogens is 283 g/mol. The number of hydrogen-bond acceptors (Lipinski definition) is 2. The van der Waals surface area contributed by atoms with Crippen molar-refractivity contribution < 1.29 is 4.79 Å². The van der Waals surface area contributed by atoms with E-state index in [2.05, 4.69) is 24.1 Å². The zero-order valence-corrected chi connectivity index (χ0v) is 13.7. The van der Waals surface area contributed by atoms with Gasteiger partial charge in [-0.3, -0.25) is 9.69 Å².